The summed E-state index contributed by atoms with van der Waals surface area (Å²) in [6, 6.07) is 0. The Bertz CT molecular complexity index is 158. The fraction of sp³-hybridized carbons (Fsp3) is 0.600. The Morgan fingerprint density at radius 3 is 2.00 bits per heavy atom. The van der Waals surface area contributed by atoms with Crippen LogP contribution in [0.25, 0.3) is 0 Å². The zero-order chi connectivity index (χ0) is 9.07. The van der Waals surface area contributed by atoms with E-state index in [9.17, 15) is 0 Å². The van der Waals surface area contributed by atoms with E-state index in [1.807, 2.05) is 19.0 Å². The van der Waals surface area contributed by atoms with Crippen molar-refractivity contribution in [1.82, 2.24) is 4.90 Å². The van der Waals surface area contributed by atoms with Gasteiger partial charge in [0.25, 0.3) is 0 Å². The summed E-state index contributed by atoms with van der Waals surface area (Å²) in [5.74, 6) is 0. The molecule has 1 heteroatoms. The van der Waals surface area contributed by atoms with E-state index in [1.165, 1.54) is 0 Å². The number of nitrogens with zero attached hydrogens (tertiary/aromatic N) is 1. The highest BCUT2D eigenvalue weighted by atomic mass is 15.1. The van der Waals surface area contributed by atoms with Gasteiger partial charge in [0.05, 0.1) is 0 Å². The van der Waals surface area contributed by atoms with Crippen molar-refractivity contribution < 1.29 is 0 Å². The van der Waals surface area contributed by atoms with Crippen molar-refractivity contribution in [3.63, 3.8) is 0 Å². The second kappa shape index (κ2) is 3.61. The molecule has 0 saturated heterocycles. The van der Waals surface area contributed by atoms with E-state index >= 15 is 0 Å². The highest BCUT2D eigenvalue weighted by Gasteiger charge is 2.03. The molecule has 0 atom stereocenters. The van der Waals surface area contributed by atoms with E-state index in [-0.39, 0.29) is 5.41 Å². The molecule has 0 radical (unpaired) electrons. The third-order valence-corrected chi connectivity index (χ3v) is 1.35. The van der Waals surface area contributed by atoms with Crippen LogP contribution in [0.1, 0.15) is 20.8 Å². The first-order valence-corrected chi connectivity index (χ1v) is 3.88. The smallest absolute Gasteiger partial charge is 0.0284 e. The quantitative estimate of drug-likeness (QED) is 0.551. The first-order valence-electron chi connectivity index (χ1n) is 3.88. The Labute approximate surface area is 70.4 Å². The van der Waals surface area contributed by atoms with Crippen molar-refractivity contribution in [2.45, 2.75) is 20.8 Å². The lowest BCUT2D eigenvalue weighted by atomic mass is 9.96. The van der Waals surface area contributed by atoms with Gasteiger partial charge in [-0.3, -0.25) is 0 Å². The van der Waals surface area contributed by atoms with Gasteiger partial charge in [0.15, 0.2) is 0 Å². The number of rotatable bonds is 2. The molecule has 0 unspecified atom stereocenters. The first kappa shape index (κ1) is 10.3. The van der Waals surface area contributed by atoms with Crippen LogP contribution in [0.5, 0.6) is 0 Å². The van der Waals surface area contributed by atoms with Crippen LogP contribution in [0.15, 0.2) is 24.4 Å². The largest absolute Gasteiger partial charge is 0.378 e. The molecule has 0 aliphatic carbocycles. The molecule has 0 aromatic heterocycles. The van der Waals surface area contributed by atoms with E-state index < -0.39 is 0 Å². The van der Waals surface area contributed by atoms with Gasteiger partial charge in [-0.2, -0.15) is 0 Å². The summed E-state index contributed by atoms with van der Waals surface area (Å²) in [6.07, 6.45) is 4.22. The van der Waals surface area contributed by atoms with Crippen LogP contribution < -0.4 is 0 Å². The van der Waals surface area contributed by atoms with Gasteiger partial charge in [-0.1, -0.05) is 33.4 Å². The molecule has 0 heterocycles. The van der Waals surface area contributed by atoms with E-state index in [2.05, 4.69) is 39.5 Å². The third kappa shape index (κ3) is 5.71. The first-order chi connectivity index (χ1) is 4.83. The predicted octanol–water partition coefficient (Wildman–Crippen LogP) is 2.66. The molecule has 0 aliphatic heterocycles. The van der Waals surface area contributed by atoms with Crippen molar-refractivity contribution in [3.05, 3.63) is 24.4 Å². The molecule has 1 nitrogen and oxygen atoms in total. The lowest BCUT2D eigenvalue weighted by Crippen LogP contribution is -2.08. The molecule has 0 rings (SSSR count). The number of hydrogen-bond donors (Lipinski definition) is 0. The minimum absolute atomic E-state index is 0.249. The zero-order valence-electron chi connectivity index (χ0n) is 8.31. The Balaban J connectivity index is 4.05. The summed E-state index contributed by atoms with van der Waals surface area (Å²) >= 11 is 0. The SMILES string of the molecule is C=C(/C=C/C(C)(C)C)N(C)C. The minimum atomic E-state index is 0.249. The summed E-state index contributed by atoms with van der Waals surface area (Å²) < 4.78 is 0. The van der Waals surface area contributed by atoms with Gasteiger partial charge in [0.2, 0.25) is 0 Å². The zero-order valence-corrected chi connectivity index (χ0v) is 8.31. The van der Waals surface area contributed by atoms with E-state index in [4.69, 9.17) is 0 Å². The topological polar surface area (TPSA) is 3.24 Å². The molecule has 0 aromatic rings. The van der Waals surface area contributed by atoms with Gasteiger partial charge in [-0.15, -0.1) is 0 Å². The van der Waals surface area contributed by atoms with Crippen molar-refractivity contribution >= 4 is 0 Å². The Morgan fingerprint density at radius 1 is 1.27 bits per heavy atom. The van der Waals surface area contributed by atoms with Crippen LogP contribution in [0.4, 0.5) is 0 Å². The molecule has 0 amide bonds. The molecule has 0 N–H and O–H groups in total. The molecule has 0 aliphatic rings. The van der Waals surface area contributed by atoms with Crippen molar-refractivity contribution in [1.29, 1.82) is 0 Å². The molecular formula is C10H19N. The van der Waals surface area contributed by atoms with Crippen molar-refractivity contribution in [3.8, 4) is 0 Å². The Kier molecular flexibility index (Phi) is 3.37. The van der Waals surface area contributed by atoms with E-state index in [0.717, 1.165) is 5.70 Å². The molecule has 0 spiro atoms. The average molecular weight is 153 g/mol. The van der Waals surface area contributed by atoms with Crippen molar-refractivity contribution in [2.24, 2.45) is 5.41 Å². The monoisotopic (exact) mass is 153 g/mol. The van der Waals surface area contributed by atoms with Gasteiger partial charge in [0, 0.05) is 19.8 Å². The summed E-state index contributed by atoms with van der Waals surface area (Å²) in [5.41, 5.74) is 1.29. The van der Waals surface area contributed by atoms with Crippen LogP contribution in [0.2, 0.25) is 0 Å². The summed E-state index contributed by atoms with van der Waals surface area (Å²) in [5, 5.41) is 0. The molecule has 0 bridgehead atoms. The fourth-order valence-electron chi connectivity index (χ4n) is 0.495. The van der Waals surface area contributed by atoms with Crippen LogP contribution >= 0.6 is 0 Å². The lowest BCUT2D eigenvalue weighted by Gasteiger charge is -2.15. The normalized spacial score (nSPS) is 12.1. The molecule has 0 aromatic carbocycles. The second-order valence-electron chi connectivity index (χ2n) is 4.09. The van der Waals surface area contributed by atoms with Crippen molar-refractivity contribution in [2.75, 3.05) is 14.1 Å². The van der Waals surface area contributed by atoms with Gasteiger partial charge >= 0.3 is 0 Å². The third-order valence-electron chi connectivity index (χ3n) is 1.35. The molecule has 11 heavy (non-hydrogen) atoms. The molecule has 0 saturated carbocycles. The summed E-state index contributed by atoms with van der Waals surface area (Å²) in [4.78, 5) is 2.00. The highest BCUT2D eigenvalue weighted by Crippen LogP contribution is 2.15. The van der Waals surface area contributed by atoms with Crippen LogP contribution in [0.3, 0.4) is 0 Å². The van der Waals surface area contributed by atoms with Gasteiger partial charge in [-0.05, 0) is 11.5 Å². The Morgan fingerprint density at radius 2 is 1.73 bits per heavy atom. The minimum Gasteiger partial charge on any atom is -0.378 e. The number of allylic oxidation sites excluding steroid dienone is 2. The molecular weight excluding hydrogens is 134 g/mol. The molecule has 64 valence electrons. The predicted molar refractivity (Wildman–Crippen MR) is 51.4 cm³/mol. The van der Waals surface area contributed by atoms with Crippen LogP contribution in [-0.4, -0.2) is 19.0 Å². The second-order valence-corrected chi connectivity index (χ2v) is 4.09. The van der Waals surface area contributed by atoms with E-state index in [0.29, 0.717) is 0 Å². The van der Waals surface area contributed by atoms with Gasteiger partial charge in [-0.25, -0.2) is 0 Å². The fourth-order valence-corrected chi connectivity index (χ4v) is 0.495. The van der Waals surface area contributed by atoms with Gasteiger partial charge < -0.3 is 4.90 Å². The van der Waals surface area contributed by atoms with E-state index in [1.54, 1.807) is 0 Å². The molecule has 0 fully saturated rings. The highest BCUT2D eigenvalue weighted by molar-refractivity contribution is 5.14. The average Bonchev–Trinajstić information content (AvgIpc) is 1.80. The standard InChI is InChI=1S/C10H19N/c1-9(11(5)6)7-8-10(2,3)4/h7-8H,1H2,2-6H3/b8-7+. The Hall–Kier alpha value is -0.720. The maximum absolute atomic E-state index is 3.90. The summed E-state index contributed by atoms with van der Waals surface area (Å²) in [7, 11) is 3.99. The maximum atomic E-state index is 3.90. The number of likely N-dealkylation sites (N-methyl/N-ethyl adjacent to an activating group) is 1. The van der Waals surface area contributed by atoms with Crippen LogP contribution in [-0.2, 0) is 0 Å². The maximum Gasteiger partial charge on any atom is 0.0284 e. The lowest BCUT2D eigenvalue weighted by molar-refractivity contribution is 0.518. The van der Waals surface area contributed by atoms with Crippen LogP contribution in [0, 0.1) is 5.41 Å². The van der Waals surface area contributed by atoms with Gasteiger partial charge in [0.1, 0.15) is 0 Å². The number of hydrogen-bond acceptors (Lipinski definition) is 1. The summed E-state index contributed by atoms with van der Waals surface area (Å²) in [6.45, 7) is 10.4.